The Labute approximate surface area is 192 Å². The van der Waals surface area contributed by atoms with E-state index in [0.29, 0.717) is 28.4 Å². The molecule has 0 amide bonds. The summed E-state index contributed by atoms with van der Waals surface area (Å²) in [7, 11) is 1.57. The average molecular weight is 454 g/mol. The van der Waals surface area contributed by atoms with Gasteiger partial charge in [-0.15, -0.1) is 0 Å². The lowest BCUT2D eigenvalue weighted by molar-refractivity contribution is -0.174. The van der Waals surface area contributed by atoms with E-state index in [-0.39, 0.29) is 26.6 Å². The van der Waals surface area contributed by atoms with Gasteiger partial charge in [-0.3, -0.25) is 9.59 Å². The largest absolute Gasteiger partial charge is 0.497 e. The summed E-state index contributed by atoms with van der Waals surface area (Å²) in [5.74, 6) is 0.300. The van der Waals surface area contributed by atoms with E-state index in [1.54, 1.807) is 45.2 Å². The maximum atomic E-state index is 13.5. The Morgan fingerprint density at radius 2 is 1.76 bits per heavy atom. The molecule has 2 aliphatic rings. The van der Waals surface area contributed by atoms with Gasteiger partial charge in [0, 0.05) is 0 Å². The maximum absolute atomic E-state index is 13.5. The fraction of sp³-hybridized carbons (Fsp3) is 0.360. The van der Waals surface area contributed by atoms with Crippen LogP contribution in [0, 0.1) is 5.41 Å². The van der Waals surface area contributed by atoms with Crippen molar-refractivity contribution in [2.75, 3.05) is 33.7 Å². The van der Waals surface area contributed by atoms with Gasteiger partial charge in [-0.1, -0.05) is 24.3 Å². The van der Waals surface area contributed by atoms with Gasteiger partial charge in [0.05, 0.1) is 26.9 Å². The molecule has 174 valence electrons. The molecule has 33 heavy (non-hydrogen) atoms. The van der Waals surface area contributed by atoms with E-state index in [4.69, 9.17) is 28.4 Å². The number of esters is 2. The van der Waals surface area contributed by atoms with Gasteiger partial charge < -0.3 is 28.4 Å². The van der Waals surface area contributed by atoms with Crippen molar-refractivity contribution in [3.05, 3.63) is 59.2 Å². The molecule has 2 aromatic carbocycles. The Balaban J connectivity index is 1.87. The normalized spacial score (nSPS) is 19.4. The molecule has 1 unspecified atom stereocenters. The molecule has 8 heteroatoms. The average Bonchev–Trinajstić information content (AvgIpc) is 3.44. The fourth-order valence-electron chi connectivity index (χ4n) is 4.14. The molecule has 2 aliphatic heterocycles. The van der Waals surface area contributed by atoms with Crippen molar-refractivity contribution in [2.24, 2.45) is 5.41 Å². The third-order valence-corrected chi connectivity index (χ3v) is 5.63. The van der Waals surface area contributed by atoms with Crippen molar-refractivity contribution in [2.45, 2.75) is 20.0 Å². The fourth-order valence-corrected chi connectivity index (χ4v) is 4.14. The molecule has 0 radical (unpaired) electrons. The van der Waals surface area contributed by atoms with Crippen LogP contribution in [-0.4, -0.2) is 45.7 Å². The lowest BCUT2D eigenvalue weighted by Gasteiger charge is -2.30. The van der Waals surface area contributed by atoms with Gasteiger partial charge in [-0.25, -0.2) is 0 Å². The first-order chi connectivity index (χ1) is 16.0. The van der Waals surface area contributed by atoms with Crippen LogP contribution in [0.3, 0.4) is 0 Å². The van der Waals surface area contributed by atoms with Crippen LogP contribution in [0.2, 0.25) is 0 Å². The van der Waals surface area contributed by atoms with Crippen LogP contribution in [0.25, 0.3) is 6.08 Å². The summed E-state index contributed by atoms with van der Waals surface area (Å²) in [6.45, 7) is 3.71. The number of methoxy groups -OCH3 is 1. The van der Waals surface area contributed by atoms with Crippen molar-refractivity contribution < 1.29 is 38.0 Å². The molecule has 4 rings (SSSR count). The standard InChI is InChI=1S/C25H26O8/c1-4-29-23(26)25(24(27)30-5-2)18(11-16-7-6-8-19(12-16)28-3)14-31-22(25)17-9-10-20-21(13-17)33-15-32-20/h6-13,22H,4-5,14-15H2,1-3H3/b18-11+. The quantitative estimate of drug-likeness (QED) is 0.462. The molecule has 0 aliphatic carbocycles. The molecule has 1 fully saturated rings. The molecule has 0 N–H and O–H groups in total. The van der Waals surface area contributed by atoms with Crippen LogP contribution >= 0.6 is 0 Å². The van der Waals surface area contributed by atoms with E-state index in [2.05, 4.69) is 0 Å². The zero-order chi connectivity index (χ0) is 23.4. The van der Waals surface area contributed by atoms with E-state index < -0.39 is 23.5 Å². The first kappa shape index (κ1) is 22.7. The first-order valence-corrected chi connectivity index (χ1v) is 10.7. The summed E-state index contributed by atoms with van der Waals surface area (Å²) in [6, 6.07) is 12.5. The number of benzene rings is 2. The zero-order valence-electron chi connectivity index (χ0n) is 18.8. The molecule has 2 aromatic rings. The summed E-state index contributed by atoms with van der Waals surface area (Å²) >= 11 is 0. The second kappa shape index (κ2) is 9.54. The molecule has 8 nitrogen and oxygen atoms in total. The topological polar surface area (TPSA) is 89.5 Å². The minimum atomic E-state index is -1.82. The van der Waals surface area contributed by atoms with Gasteiger partial charge >= 0.3 is 11.9 Å². The van der Waals surface area contributed by atoms with Gasteiger partial charge in [-0.2, -0.15) is 0 Å². The number of hydrogen-bond donors (Lipinski definition) is 0. The van der Waals surface area contributed by atoms with Crippen LogP contribution in [-0.2, 0) is 23.8 Å². The minimum absolute atomic E-state index is 0.0357. The van der Waals surface area contributed by atoms with E-state index in [1.807, 2.05) is 24.3 Å². The highest BCUT2D eigenvalue weighted by atomic mass is 16.7. The molecule has 2 heterocycles. The highest BCUT2D eigenvalue weighted by molar-refractivity contribution is 6.06. The van der Waals surface area contributed by atoms with Crippen molar-refractivity contribution in [3.8, 4) is 17.2 Å². The zero-order valence-corrected chi connectivity index (χ0v) is 18.8. The molecule has 1 atom stereocenters. The van der Waals surface area contributed by atoms with Gasteiger partial charge in [0.25, 0.3) is 0 Å². The summed E-state index contributed by atoms with van der Waals surface area (Å²) in [5, 5.41) is 0. The molecule has 0 aromatic heterocycles. The predicted molar refractivity (Wildman–Crippen MR) is 118 cm³/mol. The van der Waals surface area contributed by atoms with Crippen molar-refractivity contribution in [3.63, 3.8) is 0 Å². The maximum Gasteiger partial charge on any atom is 0.330 e. The Morgan fingerprint density at radius 3 is 2.45 bits per heavy atom. The molecule has 0 bridgehead atoms. The summed E-state index contributed by atoms with van der Waals surface area (Å²) < 4.78 is 33.1. The highest BCUT2D eigenvalue weighted by Crippen LogP contribution is 2.52. The number of ether oxygens (including phenoxy) is 6. The van der Waals surface area contributed by atoms with Crippen molar-refractivity contribution >= 4 is 18.0 Å². The van der Waals surface area contributed by atoms with E-state index in [1.165, 1.54) is 0 Å². The Morgan fingerprint density at radius 1 is 1.03 bits per heavy atom. The predicted octanol–water partition coefficient (Wildman–Crippen LogP) is 3.69. The van der Waals surface area contributed by atoms with Gasteiger partial charge in [-0.05, 0) is 54.8 Å². The number of carbonyl (C=O) groups is 2. The smallest absolute Gasteiger partial charge is 0.330 e. The highest BCUT2D eigenvalue weighted by Gasteiger charge is 2.62. The number of hydrogen-bond acceptors (Lipinski definition) is 8. The van der Waals surface area contributed by atoms with E-state index >= 15 is 0 Å². The summed E-state index contributed by atoms with van der Waals surface area (Å²) in [5.41, 5.74) is -0.0510. The summed E-state index contributed by atoms with van der Waals surface area (Å²) in [6.07, 6.45) is 0.783. The molecule has 1 saturated heterocycles. The van der Waals surface area contributed by atoms with Gasteiger partial charge in [0.1, 0.15) is 11.9 Å². The molecule has 0 spiro atoms. The number of carbonyl (C=O) groups excluding carboxylic acids is 2. The van der Waals surface area contributed by atoms with Crippen LogP contribution in [0.15, 0.2) is 48.0 Å². The van der Waals surface area contributed by atoms with E-state index in [9.17, 15) is 9.59 Å². The number of fused-ring (bicyclic) bond motifs is 1. The summed E-state index contributed by atoms with van der Waals surface area (Å²) in [4.78, 5) is 27.0. The molecular weight excluding hydrogens is 428 g/mol. The van der Waals surface area contributed by atoms with Crippen LogP contribution in [0.1, 0.15) is 31.1 Å². The number of rotatable bonds is 7. The Hall–Kier alpha value is -3.52. The second-order valence-corrected chi connectivity index (χ2v) is 7.50. The molecular formula is C25H26O8. The third kappa shape index (κ3) is 4.02. The first-order valence-electron chi connectivity index (χ1n) is 10.7. The SMILES string of the molecule is CCOC(=O)C1(C(=O)OCC)/C(=C/c2cccc(OC)c2)COC1c1ccc2c(c1)OCO2. The van der Waals surface area contributed by atoms with Crippen LogP contribution in [0.5, 0.6) is 17.2 Å². The third-order valence-electron chi connectivity index (χ3n) is 5.63. The molecule has 0 saturated carbocycles. The Bertz CT molecular complexity index is 1060. The second-order valence-electron chi connectivity index (χ2n) is 7.50. The lowest BCUT2D eigenvalue weighted by atomic mass is 9.74. The lowest BCUT2D eigenvalue weighted by Crippen LogP contribution is -2.45. The monoisotopic (exact) mass is 454 g/mol. The van der Waals surface area contributed by atoms with Crippen LogP contribution in [0.4, 0.5) is 0 Å². The van der Waals surface area contributed by atoms with Crippen molar-refractivity contribution in [1.29, 1.82) is 0 Å². The van der Waals surface area contributed by atoms with E-state index in [0.717, 1.165) is 5.56 Å². The minimum Gasteiger partial charge on any atom is -0.497 e. The van der Waals surface area contributed by atoms with Crippen molar-refractivity contribution in [1.82, 2.24) is 0 Å². The Kier molecular flexibility index (Phi) is 6.55. The van der Waals surface area contributed by atoms with Gasteiger partial charge in [0.15, 0.2) is 11.5 Å². The van der Waals surface area contributed by atoms with Gasteiger partial charge in [0.2, 0.25) is 12.2 Å². The van der Waals surface area contributed by atoms with Crippen LogP contribution < -0.4 is 14.2 Å².